The summed E-state index contributed by atoms with van der Waals surface area (Å²) < 4.78 is 11.2. The summed E-state index contributed by atoms with van der Waals surface area (Å²) in [6.45, 7) is 2.08. The zero-order valence-corrected chi connectivity index (χ0v) is 21.2. The van der Waals surface area contributed by atoms with Gasteiger partial charge in [-0.1, -0.05) is 30.3 Å². The Kier molecular flexibility index (Phi) is 9.80. The third-order valence-corrected chi connectivity index (χ3v) is 6.11. The molecule has 0 bridgehead atoms. The van der Waals surface area contributed by atoms with Crippen molar-refractivity contribution in [2.24, 2.45) is 0 Å². The number of hydrogen-bond donors (Lipinski definition) is 3. The lowest BCUT2D eigenvalue weighted by atomic mass is 10.1. The molecule has 1 fully saturated rings. The Morgan fingerprint density at radius 2 is 1.84 bits per heavy atom. The Morgan fingerprint density at radius 1 is 1.11 bits per heavy atom. The molecule has 0 unspecified atom stereocenters. The summed E-state index contributed by atoms with van der Waals surface area (Å²) in [6, 6.07) is 11.2. The van der Waals surface area contributed by atoms with Gasteiger partial charge in [-0.2, -0.15) is 0 Å². The number of ether oxygens (including phenoxy) is 2. The molecular formula is C27H31N3O8. The monoisotopic (exact) mass is 525 g/mol. The fourth-order valence-electron chi connectivity index (χ4n) is 4.16. The number of carbonyl (C=O) groups is 5. The summed E-state index contributed by atoms with van der Waals surface area (Å²) in [5.74, 6) is -2.01. The summed E-state index contributed by atoms with van der Waals surface area (Å²) in [4.78, 5) is 62.1. The number of methoxy groups -OCH3 is 1. The molecule has 38 heavy (non-hydrogen) atoms. The van der Waals surface area contributed by atoms with Gasteiger partial charge in [-0.15, -0.1) is 0 Å². The van der Waals surface area contributed by atoms with E-state index >= 15 is 0 Å². The number of nitrogens with zero attached hydrogens (tertiary/aromatic N) is 1. The number of carbonyl (C=O) groups excluding carboxylic acids is 4. The molecular weight excluding hydrogens is 494 g/mol. The van der Waals surface area contributed by atoms with Crippen molar-refractivity contribution in [2.45, 2.75) is 50.9 Å². The Labute approximate surface area is 220 Å². The number of aliphatic carboxylic acids is 1. The molecule has 202 valence electrons. The predicted molar refractivity (Wildman–Crippen MR) is 136 cm³/mol. The molecule has 0 spiro atoms. The van der Waals surface area contributed by atoms with Gasteiger partial charge >= 0.3 is 5.97 Å². The van der Waals surface area contributed by atoms with Gasteiger partial charge in [0.05, 0.1) is 19.6 Å². The molecule has 0 radical (unpaired) electrons. The SMILES string of the molecule is COc1ccc(C(=O)N[C@@H](C)C(=O)N2CCC[C@H]2C(=O)N[C@H](C=O)CC(=O)O)cc1OCc1ccccc1. The van der Waals surface area contributed by atoms with E-state index in [9.17, 15) is 24.0 Å². The second kappa shape index (κ2) is 13.2. The lowest BCUT2D eigenvalue weighted by molar-refractivity contribution is -0.141. The van der Waals surface area contributed by atoms with Crippen LogP contribution >= 0.6 is 0 Å². The maximum absolute atomic E-state index is 13.1. The molecule has 1 aliphatic rings. The maximum Gasteiger partial charge on any atom is 0.305 e. The van der Waals surface area contributed by atoms with Gasteiger partial charge in [0.2, 0.25) is 11.8 Å². The van der Waals surface area contributed by atoms with Crippen LogP contribution in [0.3, 0.4) is 0 Å². The smallest absolute Gasteiger partial charge is 0.305 e. The fourth-order valence-corrected chi connectivity index (χ4v) is 4.16. The van der Waals surface area contributed by atoms with Crippen molar-refractivity contribution >= 4 is 30.0 Å². The van der Waals surface area contributed by atoms with E-state index in [0.29, 0.717) is 37.2 Å². The topological polar surface area (TPSA) is 151 Å². The van der Waals surface area contributed by atoms with Crippen LogP contribution in [0.4, 0.5) is 0 Å². The van der Waals surface area contributed by atoms with E-state index in [0.717, 1.165) is 5.56 Å². The summed E-state index contributed by atoms with van der Waals surface area (Å²) >= 11 is 0. The van der Waals surface area contributed by atoms with Crippen LogP contribution in [0.25, 0.3) is 0 Å². The Hall–Kier alpha value is -4.41. The number of benzene rings is 2. The van der Waals surface area contributed by atoms with Gasteiger partial charge in [0.15, 0.2) is 11.5 Å². The first-order chi connectivity index (χ1) is 18.2. The van der Waals surface area contributed by atoms with Crippen molar-refractivity contribution < 1.29 is 38.6 Å². The Balaban J connectivity index is 1.64. The molecule has 0 saturated carbocycles. The number of carboxylic acid groups (broad SMARTS) is 1. The van der Waals surface area contributed by atoms with Crippen LogP contribution in [-0.4, -0.2) is 71.8 Å². The summed E-state index contributed by atoms with van der Waals surface area (Å²) in [7, 11) is 1.49. The van der Waals surface area contributed by atoms with E-state index in [2.05, 4.69) is 10.6 Å². The van der Waals surface area contributed by atoms with Gasteiger partial charge in [-0.25, -0.2) is 0 Å². The number of nitrogens with one attached hydrogen (secondary N) is 2. The molecule has 2 aromatic rings. The maximum atomic E-state index is 13.1. The molecule has 0 aliphatic carbocycles. The van der Waals surface area contributed by atoms with E-state index < -0.39 is 48.2 Å². The van der Waals surface area contributed by atoms with Crippen LogP contribution in [0.5, 0.6) is 11.5 Å². The minimum Gasteiger partial charge on any atom is -0.493 e. The van der Waals surface area contributed by atoms with Crippen molar-refractivity contribution in [3.05, 3.63) is 59.7 Å². The number of carboxylic acids is 1. The fraction of sp³-hybridized carbons (Fsp3) is 0.370. The van der Waals surface area contributed by atoms with Gasteiger partial charge in [-0.3, -0.25) is 19.2 Å². The summed E-state index contributed by atoms with van der Waals surface area (Å²) in [5.41, 5.74) is 1.20. The molecule has 1 heterocycles. The molecule has 2 aromatic carbocycles. The van der Waals surface area contributed by atoms with Crippen molar-refractivity contribution in [3.8, 4) is 11.5 Å². The zero-order valence-electron chi connectivity index (χ0n) is 21.2. The highest BCUT2D eigenvalue weighted by molar-refractivity contribution is 5.99. The van der Waals surface area contributed by atoms with E-state index in [1.165, 1.54) is 25.0 Å². The van der Waals surface area contributed by atoms with E-state index in [-0.39, 0.29) is 12.2 Å². The van der Waals surface area contributed by atoms with Crippen LogP contribution < -0.4 is 20.1 Å². The average Bonchev–Trinajstić information content (AvgIpc) is 3.41. The second-order valence-corrected chi connectivity index (χ2v) is 8.87. The first kappa shape index (κ1) is 28.2. The van der Waals surface area contributed by atoms with Crippen molar-refractivity contribution in [1.82, 2.24) is 15.5 Å². The van der Waals surface area contributed by atoms with Gasteiger partial charge in [-0.05, 0) is 43.5 Å². The molecule has 1 saturated heterocycles. The zero-order chi connectivity index (χ0) is 27.7. The molecule has 1 aliphatic heterocycles. The van der Waals surface area contributed by atoms with Gasteiger partial charge in [0.25, 0.3) is 5.91 Å². The number of aldehydes is 1. The number of amides is 3. The normalized spacial score (nSPS) is 16.2. The minimum atomic E-state index is -1.23. The standard InChI is InChI=1S/C27H31N3O8/c1-17(27(36)30-12-6-9-21(30)26(35)29-20(15-31)14-24(32)33)28-25(34)19-10-11-22(37-2)23(13-19)38-16-18-7-4-3-5-8-18/h3-5,7-8,10-11,13,15,17,20-21H,6,9,12,14,16H2,1-2H3,(H,28,34)(H,29,35)(H,32,33)/t17-,20-,21-/m0/s1. The lowest BCUT2D eigenvalue weighted by Crippen LogP contribution is -2.54. The first-order valence-electron chi connectivity index (χ1n) is 12.2. The van der Waals surface area contributed by atoms with E-state index in [1.54, 1.807) is 12.1 Å². The molecule has 3 N–H and O–H groups in total. The minimum absolute atomic E-state index is 0.256. The molecule has 3 amide bonds. The third-order valence-electron chi connectivity index (χ3n) is 6.11. The third kappa shape index (κ3) is 7.31. The van der Waals surface area contributed by atoms with Crippen molar-refractivity contribution in [3.63, 3.8) is 0 Å². The summed E-state index contributed by atoms with van der Waals surface area (Å²) in [5, 5.41) is 13.9. The molecule has 0 aromatic heterocycles. The molecule has 3 rings (SSSR count). The van der Waals surface area contributed by atoms with Crippen LogP contribution in [0, 0.1) is 0 Å². The Morgan fingerprint density at radius 3 is 2.50 bits per heavy atom. The van der Waals surface area contributed by atoms with Crippen molar-refractivity contribution in [2.75, 3.05) is 13.7 Å². The highest BCUT2D eigenvalue weighted by Crippen LogP contribution is 2.29. The van der Waals surface area contributed by atoms with Gasteiger partial charge in [0.1, 0.15) is 25.0 Å². The number of likely N-dealkylation sites (tertiary alicyclic amines) is 1. The van der Waals surface area contributed by atoms with Gasteiger partial charge < -0.3 is 34.9 Å². The largest absolute Gasteiger partial charge is 0.493 e. The average molecular weight is 526 g/mol. The predicted octanol–water partition coefficient (Wildman–Crippen LogP) is 1.54. The van der Waals surface area contributed by atoms with E-state index in [1.807, 2.05) is 30.3 Å². The van der Waals surface area contributed by atoms with Crippen LogP contribution in [0.2, 0.25) is 0 Å². The number of hydrogen-bond acceptors (Lipinski definition) is 7. The lowest BCUT2D eigenvalue weighted by Gasteiger charge is -2.28. The molecule has 11 heteroatoms. The summed E-state index contributed by atoms with van der Waals surface area (Å²) in [6.07, 6.45) is 0.706. The second-order valence-electron chi connectivity index (χ2n) is 8.87. The Bertz CT molecular complexity index is 1170. The highest BCUT2D eigenvalue weighted by Gasteiger charge is 2.37. The van der Waals surface area contributed by atoms with Crippen LogP contribution in [0.1, 0.15) is 42.1 Å². The first-order valence-corrected chi connectivity index (χ1v) is 12.2. The molecule has 11 nitrogen and oxygen atoms in total. The van der Waals surface area contributed by atoms with Crippen LogP contribution in [0.15, 0.2) is 48.5 Å². The highest BCUT2D eigenvalue weighted by atomic mass is 16.5. The van der Waals surface area contributed by atoms with Crippen molar-refractivity contribution in [1.29, 1.82) is 0 Å². The van der Waals surface area contributed by atoms with Gasteiger partial charge in [0, 0.05) is 12.1 Å². The quantitative estimate of drug-likeness (QED) is 0.353. The molecule has 3 atom stereocenters. The van der Waals surface area contributed by atoms with E-state index in [4.69, 9.17) is 14.6 Å². The number of rotatable bonds is 12. The van der Waals surface area contributed by atoms with Crippen LogP contribution in [-0.2, 0) is 25.8 Å².